The molecule has 0 aromatic heterocycles. The van der Waals surface area contributed by atoms with Gasteiger partial charge in [-0.05, 0) is 7.05 Å². The molecule has 1 aromatic rings. The first-order valence-electron chi connectivity index (χ1n) is 4.57. The second-order valence-electron chi connectivity index (χ2n) is 3.56. The Morgan fingerprint density at radius 3 is 2.46 bits per heavy atom. The molecule has 0 fully saturated rings. The zero-order valence-corrected chi connectivity index (χ0v) is 8.07. The first-order chi connectivity index (χ1) is 6.27. The van der Waals surface area contributed by atoms with Crippen molar-refractivity contribution in [1.29, 1.82) is 0 Å². The molecule has 0 spiro atoms. The number of hydrogen-bond donors (Lipinski definition) is 0. The van der Waals surface area contributed by atoms with E-state index < -0.39 is 0 Å². The van der Waals surface area contributed by atoms with E-state index in [1.54, 1.807) is 0 Å². The van der Waals surface area contributed by atoms with Crippen LogP contribution in [0.4, 0.5) is 0 Å². The lowest BCUT2D eigenvalue weighted by molar-refractivity contribution is 0.734. The molecule has 1 aromatic carbocycles. The maximum atomic E-state index is 2.29. The Kier molecular flexibility index (Phi) is 2.05. The molecular weight excluding hydrogens is 157 g/mol. The van der Waals surface area contributed by atoms with Crippen molar-refractivity contribution in [2.45, 2.75) is 6.92 Å². The average molecular weight is 170 g/mol. The maximum absolute atomic E-state index is 2.29. The zero-order chi connectivity index (χ0) is 9.26. The molecule has 2 rings (SSSR count). The van der Waals surface area contributed by atoms with E-state index in [1.165, 1.54) is 11.0 Å². The van der Waals surface area contributed by atoms with Gasteiger partial charge in [-0.15, -0.1) is 0 Å². The fourth-order valence-electron chi connectivity index (χ4n) is 1.79. The van der Waals surface area contributed by atoms with Crippen LogP contribution in [0.5, 0.6) is 0 Å². The predicted molar refractivity (Wildman–Crippen MR) is 57.7 cm³/mol. The van der Waals surface area contributed by atoms with Gasteiger partial charge in [0.2, 0.25) is 0 Å². The summed E-state index contributed by atoms with van der Waals surface area (Å²) in [6.45, 7) is 2.57. The van der Waals surface area contributed by atoms with Gasteiger partial charge in [0.15, 0.2) is 6.85 Å². The lowest BCUT2D eigenvalue weighted by atomic mass is 9.53. The monoisotopic (exact) mass is 170 g/mol. The van der Waals surface area contributed by atoms with Crippen LogP contribution in [0.1, 0.15) is 6.92 Å². The van der Waals surface area contributed by atoms with Crippen molar-refractivity contribution in [1.82, 2.24) is 4.81 Å². The lowest BCUT2D eigenvalue weighted by Crippen LogP contribution is -2.40. The van der Waals surface area contributed by atoms with Crippen LogP contribution in [-0.4, -0.2) is 18.7 Å². The van der Waals surface area contributed by atoms with Gasteiger partial charge in [-0.3, -0.25) is 0 Å². The Balaban J connectivity index is 2.21. The van der Waals surface area contributed by atoms with Gasteiger partial charge in [0.1, 0.15) is 0 Å². The first-order valence-corrected chi connectivity index (χ1v) is 4.57. The van der Waals surface area contributed by atoms with Gasteiger partial charge < -0.3 is 4.81 Å². The largest absolute Gasteiger partial charge is 0.510 e. The number of nitrogens with zero attached hydrogens (tertiary/aromatic N) is 1. The van der Waals surface area contributed by atoms with Gasteiger partial charge in [-0.1, -0.05) is 42.7 Å². The van der Waals surface area contributed by atoms with Crippen molar-refractivity contribution in [3.63, 3.8) is 0 Å². The highest BCUT2D eigenvalue weighted by Gasteiger charge is 2.16. The molecule has 0 N–H and O–H groups in total. The number of rotatable bonds is 1. The van der Waals surface area contributed by atoms with Gasteiger partial charge in [-0.25, -0.2) is 11.9 Å². The molecule has 1 aliphatic heterocycles. The van der Waals surface area contributed by atoms with E-state index in [0.717, 1.165) is 0 Å². The molecule has 1 nitrogen and oxygen atoms in total. The molecule has 1 heterocycles. The van der Waals surface area contributed by atoms with E-state index in [0.29, 0.717) is 6.85 Å². The molecule has 66 valence electrons. The molecule has 1 aliphatic rings. The summed E-state index contributed by atoms with van der Waals surface area (Å²) in [7, 11) is 2.12. The highest BCUT2D eigenvalue weighted by molar-refractivity contribution is 6.75. The second-order valence-corrected chi connectivity index (χ2v) is 3.56. The molecule has 0 aliphatic carbocycles. The quantitative estimate of drug-likeness (QED) is 0.455. The van der Waals surface area contributed by atoms with E-state index in [1.807, 2.05) is 0 Å². The number of allylic oxidation sites excluding steroid dienone is 1. The SMILES string of the molecule is CC1=CN(C)B(c2ccccc2)[CH-]1. The summed E-state index contributed by atoms with van der Waals surface area (Å²) < 4.78 is 0. The molecule has 0 amide bonds. The third-order valence-electron chi connectivity index (χ3n) is 2.41. The fraction of sp³-hybridized carbons (Fsp3) is 0.182. The average Bonchev–Trinajstić information content (AvgIpc) is 2.47. The summed E-state index contributed by atoms with van der Waals surface area (Å²) >= 11 is 0. The molecular formula is C11H13BN-. The summed E-state index contributed by atoms with van der Waals surface area (Å²) in [6.07, 6.45) is 4.47. The van der Waals surface area contributed by atoms with Crippen LogP contribution in [0.3, 0.4) is 0 Å². The lowest BCUT2D eigenvalue weighted by Gasteiger charge is -2.25. The molecule has 0 saturated carbocycles. The van der Waals surface area contributed by atoms with Crippen LogP contribution in [0.25, 0.3) is 0 Å². The third-order valence-corrected chi connectivity index (χ3v) is 2.41. The van der Waals surface area contributed by atoms with Gasteiger partial charge in [0.25, 0.3) is 0 Å². The Bertz CT molecular complexity index is 318. The van der Waals surface area contributed by atoms with Gasteiger partial charge in [-0.2, -0.15) is 6.20 Å². The van der Waals surface area contributed by atoms with Crippen LogP contribution in [0.15, 0.2) is 42.1 Å². The normalized spacial score (nSPS) is 15.7. The molecule has 0 radical (unpaired) electrons. The second kappa shape index (κ2) is 3.21. The summed E-state index contributed by atoms with van der Waals surface area (Å²) in [5.41, 5.74) is 2.70. The van der Waals surface area contributed by atoms with Crippen molar-refractivity contribution in [3.05, 3.63) is 48.4 Å². The smallest absolute Gasteiger partial charge is 0.197 e. The maximum Gasteiger partial charge on any atom is 0.197 e. The third kappa shape index (κ3) is 1.57. The van der Waals surface area contributed by atoms with Crippen molar-refractivity contribution in [2.24, 2.45) is 0 Å². The van der Waals surface area contributed by atoms with Crippen LogP contribution >= 0.6 is 0 Å². The Labute approximate surface area is 80.2 Å². The highest BCUT2D eigenvalue weighted by atomic mass is 15.0. The minimum Gasteiger partial charge on any atom is -0.510 e. The Morgan fingerprint density at radius 1 is 1.23 bits per heavy atom. The summed E-state index contributed by atoms with van der Waals surface area (Å²) in [4.78, 5) is 2.24. The van der Waals surface area contributed by atoms with Crippen LogP contribution < -0.4 is 5.46 Å². The number of benzene rings is 1. The Hall–Kier alpha value is -1.31. The van der Waals surface area contributed by atoms with E-state index in [9.17, 15) is 0 Å². The molecule has 0 bridgehead atoms. The first kappa shape index (κ1) is 8.30. The van der Waals surface area contributed by atoms with Gasteiger partial charge >= 0.3 is 0 Å². The Morgan fingerprint density at radius 2 is 1.92 bits per heavy atom. The van der Waals surface area contributed by atoms with Crippen molar-refractivity contribution in [2.75, 3.05) is 7.05 Å². The molecule has 13 heavy (non-hydrogen) atoms. The van der Waals surface area contributed by atoms with Crippen LogP contribution in [0.2, 0.25) is 0 Å². The minimum absolute atomic E-state index is 0.432. The van der Waals surface area contributed by atoms with E-state index in [-0.39, 0.29) is 0 Å². The topological polar surface area (TPSA) is 3.24 Å². The standard InChI is InChI=1S/C11H13BN/c1-10-8-12(13(2)9-10)11-6-4-3-5-7-11/h3-9H,1-2H3/q-1. The molecule has 0 unspecified atom stereocenters. The molecule has 0 atom stereocenters. The fourth-order valence-corrected chi connectivity index (χ4v) is 1.79. The van der Waals surface area contributed by atoms with Crippen molar-refractivity contribution >= 4 is 12.3 Å². The number of hydrogen-bond acceptors (Lipinski definition) is 1. The summed E-state index contributed by atoms with van der Waals surface area (Å²) in [5, 5.41) is 0. The van der Waals surface area contributed by atoms with Gasteiger partial charge in [0.05, 0.1) is 0 Å². The van der Waals surface area contributed by atoms with E-state index >= 15 is 0 Å². The van der Waals surface area contributed by atoms with E-state index in [2.05, 4.69) is 61.6 Å². The molecule has 0 saturated heterocycles. The predicted octanol–water partition coefficient (Wildman–Crippen LogP) is 1.48. The minimum atomic E-state index is 0.432. The van der Waals surface area contributed by atoms with Crippen LogP contribution in [0, 0.1) is 6.32 Å². The van der Waals surface area contributed by atoms with E-state index in [4.69, 9.17) is 0 Å². The van der Waals surface area contributed by atoms with Crippen molar-refractivity contribution in [3.8, 4) is 0 Å². The van der Waals surface area contributed by atoms with Crippen LogP contribution in [-0.2, 0) is 0 Å². The zero-order valence-electron chi connectivity index (χ0n) is 8.07. The van der Waals surface area contributed by atoms with Crippen molar-refractivity contribution < 1.29 is 0 Å². The highest BCUT2D eigenvalue weighted by Crippen LogP contribution is 2.14. The molecule has 2 heteroatoms. The summed E-state index contributed by atoms with van der Waals surface area (Å²) in [6, 6.07) is 10.6. The van der Waals surface area contributed by atoms with Gasteiger partial charge in [0, 0.05) is 0 Å². The summed E-state index contributed by atoms with van der Waals surface area (Å²) in [5.74, 6) is 0.